The van der Waals surface area contributed by atoms with Crippen LogP contribution >= 0.6 is 0 Å². The van der Waals surface area contributed by atoms with Crippen molar-refractivity contribution in [1.82, 2.24) is 4.90 Å². The van der Waals surface area contributed by atoms with Crippen LogP contribution in [0.4, 0.5) is 0 Å². The van der Waals surface area contributed by atoms with Crippen molar-refractivity contribution in [2.75, 3.05) is 20.3 Å². The highest BCUT2D eigenvalue weighted by Crippen LogP contribution is 2.48. The first-order chi connectivity index (χ1) is 7.27. The third-order valence-electron chi connectivity index (χ3n) is 4.68. The molecule has 0 aromatic rings. The molecule has 3 aliphatic heterocycles. The molecule has 0 saturated carbocycles. The lowest BCUT2D eigenvalue weighted by molar-refractivity contribution is -0.215. The van der Waals surface area contributed by atoms with Crippen LogP contribution in [-0.2, 0) is 9.47 Å². The van der Waals surface area contributed by atoms with Crippen molar-refractivity contribution in [3.8, 4) is 0 Å². The van der Waals surface area contributed by atoms with Crippen molar-refractivity contribution in [3.05, 3.63) is 0 Å². The standard InChI is InChI=1S/C12H21NO2/c1-3-9-8-11-12(14-6-7-15-12)5-4-10(9)13(11)2/h9-11H,3-8H2,1-2H3/t9?,10-,11-/m1/s1. The van der Waals surface area contributed by atoms with Crippen LogP contribution in [0.15, 0.2) is 0 Å². The lowest BCUT2D eigenvalue weighted by Gasteiger charge is -2.43. The highest BCUT2D eigenvalue weighted by Gasteiger charge is 2.56. The molecule has 3 heterocycles. The lowest BCUT2D eigenvalue weighted by Crippen LogP contribution is -2.55. The van der Waals surface area contributed by atoms with Crippen molar-refractivity contribution < 1.29 is 9.47 Å². The lowest BCUT2D eigenvalue weighted by atomic mass is 9.94. The molecule has 15 heavy (non-hydrogen) atoms. The molecule has 1 unspecified atom stereocenters. The number of rotatable bonds is 1. The van der Waals surface area contributed by atoms with Gasteiger partial charge in [0.25, 0.3) is 0 Å². The van der Waals surface area contributed by atoms with Crippen LogP contribution < -0.4 is 0 Å². The van der Waals surface area contributed by atoms with Crippen molar-refractivity contribution in [1.29, 1.82) is 0 Å². The number of hydrogen-bond donors (Lipinski definition) is 0. The molecule has 3 rings (SSSR count). The molecule has 0 aliphatic carbocycles. The minimum atomic E-state index is -0.241. The molecule has 2 bridgehead atoms. The van der Waals surface area contributed by atoms with E-state index in [0.29, 0.717) is 6.04 Å². The van der Waals surface area contributed by atoms with Gasteiger partial charge in [-0.1, -0.05) is 13.3 Å². The molecule has 0 amide bonds. The summed E-state index contributed by atoms with van der Waals surface area (Å²) in [4.78, 5) is 2.52. The fourth-order valence-electron chi connectivity index (χ4n) is 3.86. The predicted molar refractivity (Wildman–Crippen MR) is 57.6 cm³/mol. The zero-order valence-corrected chi connectivity index (χ0v) is 9.74. The third-order valence-corrected chi connectivity index (χ3v) is 4.68. The van der Waals surface area contributed by atoms with Crippen LogP contribution in [-0.4, -0.2) is 43.0 Å². The van der Waals surface area contributed by atoms with Gasteiger partial charge in [-0.05, 0) is 25.8 Å². The number of likely N-dealkylation sites (N-methyl/N-ethyl adjacent to an activating group) is 1. The second kappa shape index (κ2) is 3.44. The summed E-state index contributed by atoms with van der Waals surface area (Å²) in [5.41, 5.74) is 0. The average molecular weight is 211 g/mol. The van der Waals surface area contributed by atoms with Gasteiger partial charge in [-0.2, -0.15) is 0 Å². The summed E-state index contributed by atoms with van der Waals surface area (Å²) in [5.74, 6) is 0.613. The number of hydrogen-bond acceptors (Lipinski definition) is 3. The Morgan fingerprint density at radius 2 is 2.07 bits per heavy atom. The topological polar surface area (TPSA) is 21.7 Å². The normalized spacial score (nSPS) is 44.0. The summed E-state index contributed by atoms with van der Waals surface area (Å²) in [6.07, 6.45) is 4.90. The Labute approximate surface area is 91.7 Å². The molecule has 3 saturated heterocycles. The van der Waals surface area contributed by atoms with Gasteiger partial charge in [-0.15, -0.1) is 0 Å². The van der Waals surface area contributed by atoms with Gasteiger partial charge in [-0.3, -0.25) is 4.90 Å². The summed E-state index contributed by atoms with van der Waals surface area (Å²) < 4.78 is 11.8. The maximum absolute atomic E-state index is 5.91. The van der Waals surface area contributed by atoms with E-state index in [2.05, 4.69) is 18.9 Å². The molecule has 3 heteroatoms. The molecule has 3 aliphatic rings. The van der Waals surface area contributed by atoms with Gasteiger partial charge in [0.1, 0.15) is 0 Å². The Hall–Kier alpha value is -0.120. The van der Waals surface area contributed by atoms with Crippen LogP contribution in [0.5, 0.6) is 0 Å². The zero-order valence-electron chi connectivity index (χ0n) is 9.74. The first kappa shape index (κ1) is 10.1. The van der Waals surface area contributed by atoms with Crippen LogP contribution in [0, 0.1) is 5.92 Å². The Balaban J connectivity index is 1.86. The van der Waals surface area contributed by atoms with Crippen LogP contribution in [0.3, 0.4) is 0 Å². The number of nitrogens with zero attached hydrogens (tertiary/aromatic N) is 1. The average Bonchev–Trinajstić information content (AvgIpc) is 2.75. The molecule has 0 aromatic carbocycles. The first-order valence-electron chi connectivity index (χ1n) is 6.26. The summed E-state index contributed by atoms with van der Waals surface area (Å²) >= 11 is 0. The first-order valence-corrected chi connectivity index (χ1v) is 6.26. The Bertz CT molecular complexity index is 250. The van der Waals surface area contributed by atoms with Gasteiger partial charge in [0.05, 0.1) is 19.3 Å². The number of ether oxygens (including phenoxy) is 2. The molecular weight excluding hydrogens is 190 g/mol. The number of piperidine rings is 1. The quantitative estimate of drug-likeness (QED) is 0.658. The second-order valence-electron chi connectivity index (χ2n) is 5.20. The van der Waals surface area contributed by atoms with Gasteiger partial charge < -0.3 is 9.47 Å². The Morgan fingerprint density at radius 3 is 2.73 bits per heavy atom. The van der Waals surface area contributed by atoms with E-state index in [1.54, 1.807) is 0 Å². The van der Waals surface area contributed by atoms with Gasteiger partial charge >= 0.3 is 0 Å². The van der Waals surface area contributed by atoms with Gasteiger partial charge in [-0.25, -0.2) is 0 Å². The summed E-state index contributed by atoms with van der Waals surface area (Å²) in [7, 11) is 2.25. The third kappa shape index (κ3) is 1.30. The van der Waals surface area contributed by atoms with E-state index in [9.17, 15) is 0 Å². The highest BCUT2D eigenvalue weighted by molar-refractivity contribution is 5.04. The largest absolute Gasteiger partial charge is 0.346 e. The summed E-state index contributed by atoms with van der Waals surface area (Å²) in [6.45, 7) is 3.87. The molecule has 1 spiro atoms. The van der Waals surface area contributed by atoms with Crippen molar-refractivity contribution in [2.24, 2.45) is 5.92 Å². The maximum Gasteiger partial charge on any atom is 0.184 e. The number of fused-ring (bicyclic) bond motifs is 3. The van der Waals surface area contributed by atoms with E-state index in [1.165, 1.54) is 19.3 Å². The minimum Gasteiger partial charge on any atom is -0.346 e. The van der Waals surface area contributed by atoms with Crippen molar-refractivity contribution in [2.45, 2.75) is 50.5 Å². The van der Waals surface area contributed by atoms with E-state index < -0.39 is 0 Å². The Morgan fingerprint density at radius 1 is 1.33 bits per heavy atom. The van der Waals surface area contributed by atoms with Crippen LogP contribution in [0.25, 0.3) is 0 Å². The molecule has 3 atom stereocenters. The monoisotopic (exact) mass is 211 g/mol. The minimum absolute atomic E-state index is 0.241. The molecule has 3 fully saturated rings. The molecule has 86 valence electrons. The molecule has 0 N–H and O–H groups in total. The van der Waals surface area contributed by atoms with Crippen LogP contribution in [0.2, 0.25) is 0 Å². The summed E-state index contributed by atoms with van der Waals surface area (Å²) in [5, 5.41) is 0. The predicted octanol–water partition coefficient (Wildman–Crippen LogP) is 1.62. The zero-order chi connectivity index (χ0) is 10.5. The van der Waals surface area contributed by atoms with Gasteiger partial charge in [0, 0.05) is 12.5 Å². The van der Waals surface area contributed by atoms with Gasteiger partial charge in [0.2, 0.25) is 0 Å². The SMILES string of the molecule is CCC1C[C@H]2N(C)[C@@H]1CCC21OCCO1. The van der Waals surface area contributed by atoms with E-state index in [0.717, 1.165) is 31.6 Å². The Kier molecular flexibility index (Phi) is 2.31. The fraction of sp³-hybridized carbons (Fsp3) is 1.00. The molecule has 0 radical (unpaired) electrons. The van der Waals surface area contributed by atoms with E-state index in [-0.39, 0.29) is 5.79 Å². The summed E-state index contributed by atoms with van der Waals surface area (Å²) in [6, 6.07) is 1.28. The molecule has 3 nitrogen and oxygen atoms in total. The molecular formula is C12H21NO2. The smallest absolute Gasteiger partial charge is 0.184 e. The van der Waals surface area contributed by atoms with Crippen LogP contribution in [0.1, 0.15) is 32.6 Å². The van der Waals surface area contributed by atoms with E-state index in [1.807, 2.05) is 0 Å². The molecule has 0 aromatic heterocycles. The van der Waals surface area contributed by atoms with E-state index in [4.69, 9.17) is 9.47 Å². The van der Waals surface area contributed by atoms with Crippen molar-refractivity contribution >= 4 is 0 Å². The second-order valence-corrected chi connectivity index (χ2v) is 5.20. The maximum atomic E-state index is 5.91. The van der Waals surface area contributed by atoms with Gasteiger partial charge in [0.15, 0.2) is 5.79 Å². The fourth-order valence-corrected chi connectivity index (χ4v) is 3.86. The van der Waals surface area contributed by atoms with Crippen molar-refractivity contribution in [3.63, 3.8) is 0 Å². The highest BCUT2D eigenvalue weighted by atomic mass is 16.7. The van der Waals surface area contributed by atoms with E-state index >= 15 is 0 Å².